The Kier molecular flexibility index (Phi) is 6.33. The third kappa shape index (κ3) is 4.81. The van der Waals surface area contributed by atoms with Gasteiger partial charge in [-0.3, -0.25) is 24.2 Å². The van der Waals surface area contributed by atoms with Crippen LogP contribution in [0.1, 0.15) is 10.4 Å². The number of anilines is 1. The zero-order valence-electron chi connectivity index (χ0n) is 20.6. The normalized spacial score (nSPS) is 10.9. The number of amides is 1. The topological polar surface area (TPSA) is 102 Å². The molecule has 1 amide bonds. The standard InChI is InChI=1S/C30H19F2N5O3/c31-20-5-8-22(9-6-20)37-12-2-4-23(30(37)39)29(38)35-21-7-10-27(25(32)14-21)40-28-13-19-17-34-36-26(19)15-24(28)18-3-1-11-33-16-18/h1-17H,(H,34,36)(H,35,38). The van der Waals surface area contributed by atoms with Crippen LogP contribution in [-0.4, -0.2) is 25.7 Å². The fourth-order valence-electron chi connectivity index (χ4n) is 4.25. The lowest BCUT2D eigenvalue weighted by Gasteiger charge is -2.13. The fraction of sp³-hybridized carbons (Fsp3) is 0. The number of carbonyl (C=O) groups is 1. The van der Waals surface area contributed by atoms with Crippen molar-refractivity contribution in [3.8, 4) is 28.3 Å². The van der Waals surface area contributed by atoms with Gasteiger partial charge in [-0.2, -0.15) is 5.10 Å². The lowest BCUT2D eigenvalue weighted by molar-refractivity contribution is 0.102. The van der Waals surface area contributed by atoms with Gasteiger partial charge >= 0.3 is 0 Å². The van der Waals surface area contributed by atoms with E-state index in [2.05, 4.69) is 20.5 Å². The maximum atomic E-state index is 15.2. The molecule has 0 aliphatic heterocycles. The summed E-state index contributed by atoms with van der Waals surface area (Å²) in [7, 11) is 0. The smallest absolute Gasteiger partial charge is 0.267 e. The number of H-pyrrole nitrogens is 1. The molecule has 0 bridgehead atoms. The fourth-order valence-corrected chi connectivity index (χ4v) is 4.25. The molecule has 3 aromatic heterocycles. The van der Waals surface area contributed by atoms with Crippen molar-refractivity contribution < 1.29 is 18.3 Å². The number of fused-ring (bicyclic) bond motifs is 1. The summed E-state index contributed by atoms with van der Waals surface area (Å²) in [5.41, 5.74) is 1.99. The summed E-state index contributed by atoms with van der Waals surface area (Å²) in [5.74, 6) is -1.57. The first-order chi connectivity index (χ1) is 19.5. The Hall–Kier alpha value is -5.64. The van der Waals surface area contributed by atoms with Gasteiger partial charge in [-0.15, -0.1) is 0 Å². The first kappa shape index (κ1) is 24.7. The summed E-state index contributed by atoms with van der Waals surface area (Å²) in [6.07, 6.45) is 6.43. The van der Waals surface area contributed by atoms with Crippen LogP contribution < -0.4 is 15.6 Å². The SMILES string of the molecule is O=C(Nc1ccc(Oc2cc3cn[nH]c3cc2-c2cccnc2)c(F)c1)c1cccn(-c2ccc(F)cc2)c1=O. The largest absolute Gasteiger partial charge is 0.454 e. The summed E-state index contributed by atoms with van der Waals surface area (Å²) < 4.78 is 35.7. The number of ether oxygens (including phenoxy) is 1. The van der Waals surface area contributed by atoms with E-state index in [-0.39, 0.29) is 17.0 Å². The third-order valence-electron chi connectivity index (χ3n) is 6.22. The number of hydrogen-bond donors (Lipinski definition) is 2. The molecule has 0 fully saturated rings. The van der Waals surface area contributed by atoms with Crippen LogP contribution in [0.15, 0.2) is 108 Å². The zero-order valence-corrected chi connectivity index (χ0v) is 20.6. The van der Waals surface area contributed by atoms with Gasteiger partial charge < -0.3 is 10.1 Å². The van der Waals surface area contributed by atoms with E-state index in [1.165, 1.54) is 59.3 Å². The van der Waals surface area contributed by atoms with Gasteiger partial charge in [0.1, 0.15) is 17.1 Å². The van der Waals surface area contributed by atoms with Gasteiger partial charge in [0.15, 0.2) is 11.6 Å². The van der Waals surface area contributed by atoms with Gasteiger partial charge in [0.25, 0.3) is 11.5 Å². The van der Waals surface area contributed by atoms with Crippen LogP contribution in [0.4, 0.5) is 14.5 Å². The number of carbonyl (C=O) groups excluding carboxylic acids is 1. The number of nitrogens with one attached hydrogen (secondary N) is 2. The van der Waals surface area contributed by atoms with Gasteiger partial charge in [-0.25, -0.2) is 8.78 Å². The van der Waals surface area contributed by atoms with E-state index in [9.17, 15) is 14.0 Å². The second kappa shape index (κ2) is 10.3. The molecular formula is C30H19F2N5O3. The predicted molar refractivity (Wildman–Crippen MR) is 146 cm³/mol. The molecular weight excluding hydrogens is 516 g/mol. The highest BCUT2D eigenvalue weighted by Gasteiger charge is 2.17. The second-order valence-electron chi connectivity index (χ2n) is 8.82. The Labute approximate surface area is 225 Å². The van der Waals surface area contributed by atoms with Crippen LogP contribution in [0, 0.1) is 11.6 Å². The zero-order chi connectivity index (χ0) is 27.6. The molecule has 0 radical (unpaired) electrons. The third-order valence-corrected chi connectivity index (χ3v) is 6.22. The van der Waals surface area contributed by atoms with Crippen LogP contribution >= 0.6 is 0 Å². The maximum Gasteiger partial charge on any atom is 0.267 e. The quantitative estimate of drug-likeness (QED) is 0.268. The van der Waals surface area contributed by atoms with Crippen molar-refractivity contribution in [2.45, 2.75) is 0 Å². The predicted octanol–water partition coefficient (Wildman–Crippen LogP) is 6.10. The molecule has 0 aliphatic rings. The average Bonchev–Trinajstić information content (AvgIpc) is 3.43. The lowest BCUT2D eigenvalue weighted by Crippen LogP contribution is -2.27. The van der Waals surface area contributed by atoms with Crippen molar-refractivity contribution in [1.82, 2.24) is 19.7 Å². The van der Waals surface area contributed by atoms with Gasteiger partial charge in [0, 0.05) is 52.5 Å². The number of pyridine rings is 2. The Morgan fingerprint density at radius 3 is 2.55 bits per heavy atom. The Morgan fingerprint density at radius 2 is 1.77 bits per heavy atom. The van der Waals surface area contributed by atoms with E-state index in [0.717, 1.165) is 22.5 Å². The number of aromatic amines is 1. The number of benzene rings is 3. The molecule has 3 heterocycles. The number of hydrogen-bond acceptors (Lipinski definition) is 5. The monoisotopic (exact) mass is 535 g/mol. The molecule has 0 aliphatic carbocycles. The minimum absolute atomic E-state index is 0.0654. The van der Waals surface area contributed by atoms with Crippen molar-refractivity contribution in [2.24, 2.45) is 0 Å². The van der Waals surface area contributed by atoms with Crippen molar-refractivity contribution in [3.05, 3.63) is 131 Å². The van der Waals surface area contributed by atoms with Crippen LogP contribution in [0.25, 0.3) is 27.7 Å². The highest BCUT2D eigenvalue weighted by Crippen LogP contribution is 2.37. The van der Waals surface area contributed by atoms with Crippen LogP contribution in [0.2, 0.25) is 0 Å². The second-order valence-corrected chi connectivity index (χ2v) is 8.82. The molecule has 0 saturated carbocycles. The first-order valence-electron chi connectivity index (χ1n) is 12.1. The molecule has 0 spiro atoms. The Bertz CT molecular complexity index is 1920. The minimum Gasteiger partial charge on any atom is -0.454 e. The van der Waals surface area contributed by atoms with Gasteiger partial charge in [0.2, 0.25) is 0 Å². The van der Waals surface area contributed by atoms with Crippen LogP contribution in [-0.2, 0) is 0 Å². The van der Waals surface area contributed by atoms with Gasteiger partial charge in [0.05, 0.1) is 11.7 Å². The molecule has 0 atom stereocenters. The van der Waals surface area contributed by atoms with Crippen molar-refractivity contribution in [2.75, 3.05) is 5.32 Å². The van der Waals surface area contributed by atoms with E-state index < -0.39 is 23.1 Å². The summed E-state index contributed by atoms with van der Waals surface area (Å²) in [6, 6.07) is 19.4. The molecule has 0 unspecified atom stereocenters. The summed E-state index contributed by atoms with van der Waals surface area (Å²) in [6.45, 7) is 0. The summed E-state index contributed by atoms with van der Waals surface area (Å²) in [5, 5.41) is 10.3. The number of aromatic nitrogens is 4. The number of halogens is 2. The molecule has 40 heavy (non-hydrogen) atoms. The molecule has 3 aromatic carbocycles. The lowest BCUT2D eigenvalue weighted by atomic mass is 10.0. The summed E-state index contributed by atoms with van der Waals surface area (Å²) >= 11 is 0. The molecule has 10 heteroatoms. The van der Waals surface area contributed by atoms with Crippen molar-refractivity contribution in [1.29, 1.82) is 0 Å². The number of nitrogens with zero attached hydrogens (tertiary/aromatic N) is 3. The molecule has 8 nitrogen and oxygen atoms in total. The average molecular weight is 536 g/mol. The molecule has 6 aromatic rings. The van der Waals surface area contributed by atoms with E-state index in [4.69, 9.17) is 4.74 Å². The van der Waals surface area contributed by atoms with E-state index in [1.54, 1.807) is 30.7 Å². The van der Waals surface area contributed by atoms with Crippen molar-refractivity contribution in [3.63, 3.8) is 0 Å². The van der Waals surface area contributed by atoms with E-state index >= 15 is 4.39 Å². The van der Waals surface area contributed by atoms with Gasteiger partial charge in [-0.05, 0) is 66.7 Å². The van der Waals surface area contributed by atoms with Gasteiger partial charge in [-0.1, -0.05) is 6.07 Å². The maximum absolute atomic E-state index is 15.2. The molecule has 6 rings (SSSR count). The molecule has 2 N–H and O–H groups in total. The van der Waals surface area contributed by atoms with Crippen LogP contribution in [0.5, 0.6) is 11.5 Å². The highest BCUT2D eigenvalue weighted by atomic mass is 19.1. The van der Waals surface area contributed by atoms with E-state index in [0.29, 0.717) is 17.0 Å². The number of rotatable bonds is 6. The summed E-state index contributed by atoms with van der Waals surface area (Å²) in [4.78, 5) is 30.0. The van der Waals surface area contributed by atoms with Crippen molar-refractivity contribution >= 4 is 22.5 Å². The molecule has 0 saturated heterocycles. The van der Waals surface area contributed by atoms with E-state index in [1.807, 2.05) is 12.1 Å². The first-order valence-corrected chi connectivity index (χ1v) is 12.1. The van der Waals surface area contributed by atoms with Crippen LogP contribution in [0.3, 0.4) is 0 Å². The molecule has 196 valence electrons. The Morgan fingerprint density at radius 1 is 0.925 bits per heavy atom. The minimum atomic E-state index is -0.723. The highest BCUT2D eigenvalue weighted by molar-refractivity contribution is 6.04. The Balaban J connectivity index is 1.26.